The predicted molar refractivity (Wildman–Crippen MR) is 101 cm³/mol. The van der Waals surface area contributed by atoms with Crippen molar-refractivity contribution in [1.82, 2.24) is 10.3 Å². The Kier molecular flexibility index (Phi) is 6.32. The van der Waals surface area contributed by atoms with Crippen molar-refractivity contribution in [3.8, 4) is 0 Å². The molecule has 0 aliphatic rings. The molecular formula is C18H18N2O4S. The number of amides is 1. The predicted octanol–water partition coefficient (Wildman–Crippen LogP) is 1.52. The number of aromatic nitrogens is 1. The molecule has 0 saturated carbocycles. The number of aldehydes is 1. The van der Waals surface area contributed by atoms with Gasteiger partial charge in [-0.1, -0.05) is 24.3 Å². The highest BCUT2D eigenvalue weighted by Crippen LogP contribution is 2.21. The SMILES string of the molecule is CO.O=C[C@H](CS)NC(=O)c1ccc2c(c1)[nH]c(=O)c1ccccc12. The summed E-state index contributed by atoms with van der Waals surface area (Å²) in [5, 5.41) is 11.9. The fourth-order valence-corrected chi connectivity index (χ4v) is 2.68. The summed E-state index contributed by atoms with van der Waals surface area (Å²) in [5.74, 6) is -0.156. The van der Waals surface area contributed by atoms with Gasteiger partial charge in [-0.15, -0.1) is 0 Å². The van der Waals surface area contributed by atoms with Crippen LogP contribution in [0.2, 0.25) is 0 Å². The summed E-state index contributed by atoms with van der Waals surface area (Å²) >= 11 is 4.00. The number of rotatable bonds is 4. The summed E-state index contributed by atoms with van der Waals surface area (Å²) in [5.41, 5.74) is 0.749. The summed E-state index contributed by atoms with van der Waals surface area (Å²) in [6, 6.07) is 11.7. The number of aliphatic hydroxyl groups excluding tert-OH is 1. The fraction of sp³-hybridized carbons (Fsp3) is 0.167. The Hall–Kier alpha value is -2.64. The van der Waals surface area contributed by atoms with Crippen LogP contribution in [0.15, 0.2) is 47.3 Å². The molecule has 1 amide bonds. The van der Waals surface area contributed by atoms with Gasteiger partial charge in [0.25, 0.3) is 11.5 Å². The number of thiol groups is 1. The van der Waals surface area contributed by atoms with Gasteiger partial charge in [0.2, 0.25) is 0 Å². The molecule has 0 saturated heterocycles. The van der Waals surface area contributed by atoms with Crippen LogP contribution in [0.4, 0.5) is 0 Å². The third-order valence-corrected chi connectivity index (χ3v) is 4.06. The highest BCUT2D eigenvalue weighted by atomic mass is 32.1. The average molecular weight is 358 g/mol. The van der Waals surface area contributed by atoms with Gasteiger partial charge in [-0.25, -0.2) is 0 Å². The van der Waals surface area contributed by atoms with Gasteiger partial charge in [0.1, 0.15) is 6.29 Å². The summed E-state index contributed by atoms with van der Waals surface area (Å²) in [7, 11) is 1.00. The first kappa shape index (κ1) is 18.7. The quantitative estimate of drug-likeness (QED) is 0.323. The van der Waals surface area contributed by atoms with E-state index in [-0.39, 0.29) is 17.2 Å². The van der Waals surface area contributed by atoms with Gasteiger partial charge in [-0.05, 0) is 23.6 Å². The molecule has 2 aromatic carbocycles. The first-order valence-electron chi connectivity index (χ1n) is 7.50. The Balaban J connectivity index is 0.00000109. The monoisotopic (exact) mass is 358 g/mol. The molecule has 0 radical (unpaired) electrons. The van der Waals surface area contributed by atoms with Crippen LogP contribution in [0, 0.1) is 0 Å². The largest absolute Gasteiger partial charge is 0.400 e. The summed E-state index contributed by atoms with van der Waals surface area (Å²) in [6.45, 7) is 0. The van der Waals surface area contributed by atoms with Crippen molar-refractivity contribution in [3.63, 3.8) is 0 Å². The van der Waals surface area contributed by atoms with Gasteiger partial charge in [0, 0.05) is 34.7 Å². The normalized spacial score (nSPS) is 11.5. The van der Waals surface area contributed by atoms with Crippen LogP contribution in [0.25, 0.3) is 21.7 Å². The lowest BCUT2D eigenvalue weighted by atomic mass is 10.0. The summed E-state index contributed by atoms with van der Waals surface area (Å²) < 4.78 is 0. The zero-order valence-corrected chi connectivity index (χ0v) is 14.4. The molecule has 3 aromatic rings. The first-order chi connectivity index (χ1) is 12.1. The second-order valence-corrected chi connectivity index (χ2v) is 5.52. The van der Waals surface area contributed by atoms with Crippen LogP contribution >= 0.6 is 12.6 Å². The standard InChI is InChI=1S/C17H14N2O3S.CH4O/c20-8-11(9-23)18-16(21)10-5-6-13-12-3-1-2-4-14(12)17(22)19-15(13)7-10;1-2/h1-8,11,23H,9H2,(H,18,21)(H,19,22);2H,1H3/t11-;/m1./s1. The number of pyridine rings is 1. The number of carbonyl (C=O) groups excluding carboxylic acids is 2. The summed E-state index contributed by atoms with van der Waals surface area (Å²) in [6.07, 6.45) is 0.640. The second kappa shape index (κ2) is 8.46. The van der Waals surface area contributed by atoms with Gasteiger partial charge in [-0.2, -0.15) is 12.6 Å². The lowest BCUT2D eigenvalue weighted by Crippen LogP contribution is -2.37. The third kappa shape index (κ3) is 3.89. The summed E-state index contributed by atoms with van der Waals surface area (Å²) in [4.78, 5) is 37.9. The third-order valence-electron chi connectivity index (χ3n) is 3.67. The van der Waals surface area contributed by atoms with Crippen LogP contribution in [0.3, 0.4) is 0 Å². The number of aromatic amines is 1. The van der Waals surface area contributed by atoms with Crippen LogP contribution in [-0.4, -0.2) is 41.2 Å². The maximum atomic E-state index is 12.2. The lowest BCUT2D eigenvalue weighted by Gasteiger charge is -2.11. The van der Waals surface area contributed by atoms with Crippen LogP contribution < -0.4 is 10.9 Å². The lowest BCUT2D eigenvalue weighted by molar-refractivity contribution is -0.109. The minimum atomic E-state index is -0.641. The second-order valence-electron chi connectivity index (χ2n) is 5.16. The number of carbonyl (C=O) groups is 2. The highest BCUT2D eigenvalue weighted by Gasteiger charge is 2.13. The van der Waals surface area contributed by atoms with E-state index in [2.05, 4.69) is 22.9 Å². The number of nitrogens with one attached hydrogen (secondary N) is 2. The van der Waals surface area contributed by atoms with Crippen molar-refractivity contribution in [2.75, 3.05) is 12.9 Å². The average Bonchev–Trinajstić information content (AvgIpc) is 2.67. The van der Waals surface area contributed by atoms with E-state index in [0.29, 0.717) is 22.8 Å². The Morgan fingerprint density at radius 3 is 2.52 bits per heavy atom. The van der Waals surface area contributed by atoms with E-state index in [9.17, 15) is 14.4 Å². The molecule has 130 valence electrons. The molecule has 0 aliphatic carbocycles. The smallest absolute Gasteiger partial charge is 0.256 e. The Labute approximate surface area is 149 Å². The zero-order valence-electron chi connectivity index (χ0n) is 13.5. The number of hydrogen-bond donors (Lipinski definition) is 4. The Morgan fingerprint density at radius 2 is 1.88 bits per heavy atom. The molecule has 1 heterocycles. The van der Waals surface area contributed by atoms with Gasteiger partial charge >= 0.3 is 0 Å². The van der Waals surface area contributed by atoms with E-state index in [0.717, 1.165) is 17.9 Å². The number of fused-ring (bicyclic) bond motifs is 3. The number of hydrogen-bond acceptors (Lipinski definition) is 5. The van der Waals surface area contributed by atoms with Gasteiger partial charge in [0.15, 0.2) is 0 Å². The molecule has 1 atom stereocenters. The van der Waals surface area contributed by atoms with E-state index < -0.39 is 6.04 Å². The van der Waals surface area contributed by atoms with E-state index in [1.165, 1.54) is 0 Å². The molecule has 0 bridgehead atoms. The van der Waals surface area contributed by atoms with Gasteiger partial charge < -0.3 is 20.2 Å². The highest BCUT2D eigenvalue weighted by molar-refractivity contribution is 7.80. The molecule has 3 N–H and O–H groups in total. The topological polar surface area (TPSA) is 99.3 Å². The van der Waals surface area contributed by atoms with Crippen molar-refractivity contribution in [2.45, 2.75) is 6.04 Å². The van der Waals surface area contributed by atoms with E-state index in [1.807, 2.05) is 18.2 Å². The van der Waals surface area contributed by atoms with E-state index in [1.54, 1.807) is 24.3 Å². The molecular weight excluding hydrogens is 340 g/mol. The van der Waals surface area contributed by atoms with Crippen molar-refractivity contribution in [2.24, 2.45) is 0 Å². The van der Waals surface area contributed by atoms with E-state index >= 15 is 0 Å². The maximum absolute atomic E-state index is 12.2. The number of aliphatic hydroxyl groups is 1. The van der Waals surface area contributed by atoms with E-state index in [4.69, 9.17) is 5.11 Å². The van der Waals surface area contributed by atoms with Crippen molar-refractivity contribution in [3.05, 3.63) is 58.4 Å². The molecule has 3 rings (SSSR count). The maximum Gasteiger partial charge on any atom is 0.256 e. The minimum Gasteiger partial charge on any atom is -0.400 e. The Bertz CT molecular complexity index is 968. The van der Waals surface area contributed by atoms with Crippen LogP contribution in [0.1, 0.15) is 10.4 Å². The van der Waals surface area contributed by atoms with Crippen LogP contribution in [-0.2, 0) is 4.79 Å². The zero-order chi connectivity index (χ0) is 18.4. The number of benzene rings is 2. The molecule has 0 aliphatic heterocycles. The van der Waals surface area contributed by atoms with Crippen molar-refractivity contribution >= 4 is 46.5 Å². The molecule has 7 heteroatoms. The molecule has 25 heavy (non-hydrogen) atoms. The molecule has 0 fully saturated rings. The first-order valence-corrected chi connectivity index (χ1v) is 8.14. The fourth-order valence-electron chi connectivity index (χ4n) is 2.50. The van der Waals surface area contributed by atoms with Gasteiger partial charge in [-0.3, -0.25) is 9.59 Å². The van der Waals surface area contributed by atoms with Crippen LogP contribution in [0.5, 0.6) is 0 Å². The van der Waals surface area contributed by atoms with Crippen molar-refractivity contribution < 1.29 is 14.7 Å². The number of H-pyrrole nitrogens is 1. The van der Waals surface area contributed by atoms with Crippen molar-refractivity contribution in [1.29, 1.82) is 0 Å². The molecule has 1 aromatic heterocycles. The molecule has 0 unspecified atom stereocenters. The van der Waals surface area contributed by atoms with Gasteiger partial charge in [0.05, 0.1) is 6.04 Å². The Morgan fingerprint density at radius 1 is 1.20 bits per heavy atom. The molecule has 0 spiro atoms. The minimum absolute atomic E-state index is 0.202. The molecule has 6 nitrogen and oxygen atoms in total.